The lowest BCUT2D eigenvalue weighted by Gasteiger charge is -1.83. The fraction of sp³-hybridized carbons (Fsp3) is 0.100. The lowest BCUT2D eigenvalue weighted by Crippen LogP contribution is -2.21. The summed E-state index contributed by atoms with van der Waals surface area (Å²) in [6.07, 6.45) is 14.0. The van der Waals surface area contributed by atoms with E-state index in [1.807, 2.05) is 12.2 Å². The molecule has 2 nitrogen and oxygen atoms in total. The van der Waals surface area contributed by atoms with Crippen LogP contribution in [0.5, 0.6) is 0 Å². The van der Waals surface area contributed by atoms with Gasteiger partial charge >= 0.3 is 0 Å². The normalized spacial score (nSPS) is 14.4. The first-order valence-corrected chi connectivity index (χ1v) is 3.78. The molecule has 0 unspecified atom stereocenters. The highest BCUT2D eigenvalue weighted by molar-refractivity contribution is 5.58. The van der Waals surface area contributed by atoms with Gasteiger partial charge in [0.2, 0.25) is 0 Å². The summed E-state index contributed by atoms with van der Waals surface area (Å²) in [5.74, 6) is 2.62. The molecule has 1 aliphatic carbocycles. The summed E-state index contributed by atoms with van der Waals surface area (Å²) in [6, 6.07) is 0. The number of nitrogens with one attached hydrogen (secondary N) is 1. The molecule has 12 heavy (non-hydrogen) atoms. The highest BCUT2D eigenvalue weighted by Gasteiger charge is 1.93. The monoisotopic (exact) mass is 156 g/mol. The van der Waals surface area contributed by atoms with Gasteiger partial charge in [0.05, 0.1) is 11.5 Å². The number of hydrogen-bond donors (Lipinski definition) is 1. The minimum Gasteiger partial charge on any atom is -0.278 e. The Balaban J connectivity index is 2.70. The third-order valence-corrected chi connectivity index (χ3v) is 1.84. The quantitative estimate of drug-likeness (QED) is 0.523. The van der Waals surface area contributed by atoms with Gasteiger partial charge in [-0.25, -0.2) is 0 Å². The molecule has 1 N–H and O–H groups in total. The Morgan fingerprint density at radius 2 is 2.42 bits per heavy atom. The summed E-state index contributed by atoms with van der Waals surface area (Å²) >= 11 is 0. The molecule has 2 heteroatoms. The summed E-state index contributed by atoms with van der Waals surface area (Å²) in [6.45, 7) is 0. The second-order valence-electron chi connectivity index (χ2n) is 2.63. The van der Waals surface area contributed by atoms with E-state index in [2.05, 4.69) is 22.2 Å². The molecule has 1 aromatic rings. The number of allylic oxidation sites excluding steroid dienone is 2. The van der Waals surface area contributed by atoms with Crippen LogP contribution < -0.4 is 10.6 Å². The molecule has 0 radical (unpaired) electrons. The summed E-state index contributed by atoms with van der Waals surface area (Å²) < 4.78 is 0. The molecule has 0 fully saturated rings. The van der Waals surface area contributed by atoms with Crippen LogP contribution in [0.1, 0.15) is 6.42 Å². The predicted molar refractivity (Wildman–Crippen MR) is 48.3 cm³/mol. The van der Waals surface area contributed by atoms with Crippen LogP contribution >= 0.6 is 0 Å². The zero-order valence-corrected chi connectivity index (χ0v) is 6.54. The Bertz CT molecular complexity index is 469. The van der Waals surface area contributed by atoms with Crippen molar-refractivity contribution in [2.45, 2.75) is 6.42 Å². The number of nitrogens with zero attached hydrogens (tertiary/aromatic N) is 1. The number of aromatic amines is 1. The van der Waals surface area contributed by atoms with Crippen LogP contribution in [-0.4, -0.2) is 10.2 Å². The van der Waals surface area contributed by atoms with Crippen LogP contribution in [0, 0.1) is 12.3 Å². The lowest BCUT2D eigenvalue weighted by atomic mass is 10.2. The van der Waals surface area contributed by atoms with Gasteiger partial charge in [0.1, 0.15) is 0 Å². The maximum atomic E-state index is 5.30. The molecule has 1 aromatic heterocycles. The number of H-pyrrole nitrogens is 1. The first kappa shape index (κ1) is 6.93. The Morgan fingerprint density at radius 1 is 1.50 bits per heavy atom. The van der Waals surface area contributed by atoms with Crippen LogP contribution in [-0.2, 0) is 0 Å². The summed E-state index contributed by atoms with van der Waals surface area (Å²) in [5.41, 5.74) is 0.923. The molecule has 0 amide bonds. The van der Waals surface area contributed by atoms with Gasteiger partial charge in [-0.15, -0.1) is 6.42 Å². The van der Waals surface area contributed by atoms with E-state index in [4.69, 9.17) is 6.42 Å². The van der Waals surface area contributed by atoms with E-state index in [-0.39, 0.29) is 0 Å². The molecule has 0 aromatic carbocycles. The van der Waals surface area contributed by atoms with Crippen molar-refractivity contribution >= 4 is 12.2 Å². The molecule has 0 saturated carbocycles. The summed E-state index contributed by atoms with van der Waals surface area (Å²) in [5, 5.41) is 8.95. The number of fused-ring (bicyclic) bond motifs is 1. The first-order valence-electron chi connectivity index (χ1n) is 3.78. The van der Waals surface area contributed by atoms with Crippen molar-refractivity contribution in [1.29, 1.82) is 0 Å². The van der Waals surface area contributed by atoms with E-state index in [1.54, 1.807) is 6.20 Å². The predicted octanol–water partition coefficient (Wildman–Crippen LogP) is -0.0660. The average molecular weight is 156 g/mol. The van der Waals surface area contributed by atoms with Gasteiger partial charge in [0.25, 0.3) is 0 Å². The van der Waals surface area contributed by atoms with E-state index in [9.17, 15) is 0 Å². The van der Waals surface area contributed by atoms with Crippen LogP contribution in [0.2, 0.25) is 0 Å². The minimum atomic E-state index is 0.866. The second-order valence-corrected chi connectivity index (χ2v) is 2.63. The van der Waals surface area contributed by atoms with Crippen molar-refractivity contribution in [1.82, 2.24) is 10.2 Å². The average Bonchev–Trinajstić information content (AvgIpc) is 2.43. The van der Waals surface area contributed by atoms with Crippen molar-refractivity contribution in [3.05, 3.63) is 28.4 Å². The summed E-state index contributed by atoms with van der Waals surface area (Å²) in [7, 11) is 0. The molecular formula is C10H8N2. The lowest BCUT2D eigenvalue weighted by molar-refractivity contribution is 1.06. The highest BCUT2D eigenvalue weighted by atomic mass is 15.1. The third kappa shape index (κ3) is 1.06. The number of rotatable bonds is 0. The second kappa shape index (κ2) is 2.71. The van der Waals surface area contributed by atoms with Crippen molar-refractivity contribution in [3.8, 4) is 12.3 Å². The molecule has 0 aliphatic heterocycles. The van der Waals surface area contributed by atoms with Crippen molar-refractivity contribution in [2.24, 2.45) is 0 Å². The molecule has 2 rings (SSSR count). The van der Waals surface area contributed by atoms with E-state index in [0.29, 0.717) is 0 Å². The zero-order chi connectivity index (χ0) is 8.39. The Labute approximate surface area is 70.3 Å². The zero-order valence-electron chi connectivity index (χ0n) is 6.54. The van der Waals surface area contributed by atoms with Gasteiger partial charge < -0.3 is 0 Å². The number of aromatic nitrogens is 2. The third-order valence-electron chi connectivity index (χ3n) is 1.84. The SMILES string of the molecule is C#CC1=CCC=c2[nH]ncc2=C1. The van der Waals surface area contributed by atoms with Gasteiger partial charge in [-0.1, -0.05) is 18.1 Å². The Kier molecular flexibility index (Phi) is 1.56. The van der Waals surface area contributed by atoms with Crippen molar-refractivity contribution < 1.29 is 0 Å². The van der Waals surface area contributed by atoms with E-state index in [1.165, 1.54) is 0 Å². The fourth-order valence-electron chi connectivity index (χ4n) is 1.21. The van der Waals surface area contributed by atoms with Gasteiger partial charge in [0.15, 0.2) is 0 Å². The molecule has 0 atom stereocenters. The fourth-order valence-corrected chi connectivity index (χ4v) is 1.21. The number of terminal acetylenes is 1. The first-order chi connectivity index (χ1) is 5.90. The molecule has 0 saturated heterocycles. The smallest absolute Gasteiger partial charge is 0.0614 e. The van der Waals surface area contributed by atoms with E-state index >= 15 is 0 Å². The van der Waals surface area contributed by atoms with Crippen molar-refractivity contribution in [2.75, 3.05) is 0 Å². The minimum absolute atomic E-state index is 0.866. The van der Waals surface area contributed by atoms with Crippen LogP contribution in [0.15, 0.2) is 17.8 Å². The van der Waals surface area contributed by atoms with Gasteiger partial charge in [-0.05, 0) is 12.5 Å². The largest absolute Gasteiger partial charge is 0.278 e. The van der Waals surface area contributed by atoms with E-state index in [0.717, 1.165) is 22.6 Å². The van der Waals surface area contributed by atoms with Crippen LogP contribution in [0.4, 0.5) is 0 Å². The molecule has 58 valence electrons. The van der Waals surface area contributed by atoms with Gasteiger partial charge in [-0.2, -0.15) is 5.10 Å². The molecular weight excluding hydrogens is 148 g/mol. The molecule has 1 heterocycles. The topological polar surface area (TPSA) is 28.7 Å². The maximum Gasteiger partial charge on any atom is 0.0614 e. The number of hydrogen-bond acceptors (Lipinski definition) is 1. The van der Waals surface area contributed by atoms with Crippen LogP contribution in [0.25, 0.3) is 12.2 Å². The van der Waals surface area contributed by atoms with Crippen molar-refractivity contribution in [3.63, 3.8) is 0 Å². The maximum absolute atomic E-state index is 5.30. The molecule has 1 aliphatic rings. The Hall–Kier alpha value is -1.75. The molecule has 0 spiro atoms. The molecule has 0 bridgehead atoms. The van der Waals surface area contributed by atoms with Gasteiger partial charge in [-0.3, -0.25) is 5.10 Å². The van der Waals surface area contributed by atoms with Gasteiger partial charge in [0, 0.05) is 10.8 Å². The Morgan fingerprint density at radius 3 is 3.25 bits per heavy atom. The van der Waals surface area contributed by atoms with E-state index < -0.39 is 0 Å². The van der Waals surface area contributed by atoms with Crippen LogP contribution in [0.3, 0.4) is 0 Å². The standard InChI is InChI=1S/C10H8N2/c1-2-8-4-3-5-10-9(6-8)7-11-12-10/h1,4-7,12H,3H2. The highest BCUT2D eigenvalue weighted by Crippen LogP contribution is 1.98. The summed E-state index contributed by atoms with van der Waals surface area (Å²) in [4.78, 5) is 0.